The zero-order valence-electron chi connectivity index (χ0n) is 14.7. The molecular formula is C18H21N3O5. The smallest absolute Gasteiger partial charge is 0.270 e. The highest BCUT2D eigenvalue weighted by Gasteiger charge is 2.18. The van der Waals surface area contributed by atoms with Gasteiger partial charge in [0, 0.05) is 18.7 Å². The number of non-ortho nitro benzene ring substituents is 1. The van der Waals surface area contributed by atoms with Gasteiger partial charge in [-0.3, -0.25) is 14.9 Å². The van der Waals surface area contributed by atoms with Crippen molar-refractivity contribution in [2.75, 3.05) is 27.2 Å². The van der Waals surface area contributed by atoms with Crippen LogP contribution in [0.25, 0.3) is 0 Å². The summed E-state index contributed by atoms with van der Waals surface area (Å²) in [6, 6.07) is 10.8. The molecular weight excluding hydrogens is 338 g/mol. The number of rotatable bonds is 9. The van der Waals surface area contributed by atoms with E-state index in [0.717, 1.165) is 13.0 Å². The third-order valence-electron chi connectivity index (χ3n) is 3.59. The van der Waals surface area contributed by atoms with Crippen LogP contribution in [-0.4, -0.2) is 38.1 Å². The second kappa shape index (κ2) is 9.38. The summed E-state index contributed by atoms with van der Waals surface area (Å²) in [6.45, 7) is 1.20. The van der Waals surface area contributed by atoms with Gasteiger partial charge in [0.2, 0.25) is 0 Å². The highest BCUT2D eigenvalue weighted by Crippen LogP contribution is 2.29. The van der Waals surface area contributed by atoms with Gasteiger partial charge in [-0.05, 0) is 50.3 Å². The molecule has 138 valence electrons. The van der Waals surface area contributed by atoms with Crippen LogP contribution in [-0.2, 0) is 0 Å². The van der Waals surface area contributed by atoms with Crippen molar-refractivity contribution in [1.82, 2.24) is 10.6 Å². The third kappa shape index (κ3) is 5.18. The van der Waals surface area contributed by atoms with Gasteiger partial charge < -0.3 is 20.1 Å². The lowest BCUT2D eigenvalue weighted by molar-refractivity contribution is -0.384. The number of ether oxygens (including phenoxy) is 2. The van der Waals surface area contributed by atoms with Crippen molar-refractivity contribution in [3.63, 3.8) is 0 Å². The van der Waals surface area contributed by atoms with Crippen molar-refractivity contribution in [3.8, 4) is 17.2 Å². The van der Waals surface area contributed by atoms with E-state index < -0.39 is 10.8 Å². The van der Waals surface area contributed by atoms with Crippen molar-refractivity contribution < 1.29 is 19.2 Å². The summed E-state index contributed by atoms with van der Waals surface area (Å²) in [5.74, 6) is 0.979. The van der Waals surface area contributed by atoms with Gasteiger partial charge in [-0.2, -0.15) is 0 Å². The molecule has 2 rings (SSSR count). The van der Waals surface area contributed by atoms with Gasteiger partial charge in [0.05, 0.1) is 17.6 Å². The minimum atomic E-state index is -0.547. The van der Waals surface area contributed by atoms with Crippen molar-refractivity contribution in [2.24, 2.45) is 0 Å². The van der Waals surface area contributed by atoms with E-state index in [0.29, 0.717) is 18.0 Å². The fraction of sp³-hybridized carbons (Fsp3) is 0.278. The van der Waals surface area contributed by atoms with E-state index in [1.54, 1.807) is 31.4 Å². The van der Waals surface area contributed by atoms with Crippen LogP contribution in [0.2, 0.25) is 0 Å². The SMILES string of the molecule is CNCCCNC(=O)c1cc([N+](=O)[O-])ccc1Oc1ccc(OC)cc1. The number of hydrogen-bond acceptors (Lipinski definition) is 6. The molecule has 8 nitrogen and oxygen atoms in total. The lowest BCUT2D eigenvalue weighted by Crippen LogP contribution is -2.27. The molecule has 2 N–H and O–H groups in total. The number of carbonyl (C=O) groups excluding carboxylic acids is 1. The molecule has 0 fully saturated rings. The first kappa shape index (κ1) is 19.2. The molecule has 0 bridgehead atoms. The van der Waals surface area contributed by atoms with Crippen molar-refractivity contribution >= 4 is 11.6 Å². The Bertz CT molecular complexity index is 762. The predicted octanol–water partition coefficient (Wildman–Crippen LogP) is 2.74. The zero-order valence-corrected chi connectivity index (χ0v) is 14.7. The first-order valence-corrected chi connectivity index (χ1v) is 8.08. The van der Waals surface area contributed by atoms with Gasteiger partial charge >= 0.3 is 0 Å². The molecule has 0 radical (unpaired) electrons. The van der Waals surface area contributed by atoms with Crippen LogP contribution in [0.1, 0.15) is 16.8 Å². The number of benzene rings is 2. The van der Waals surface area contributed by atoms with Crippen LogP contribution in [0.3, 0.4) is 0 Å². The molecule has 0 saturated carbocycles. The van der Waals surface area contributed by atoms with Crippen LogP contribution >= 0.6 is 0 Å². The maximum atomic E-state index is 12.4. The summed E-state index contributed by atoms with van der Waals surface area (Å²) in [5, 5.41) is 16.8. The first-order chi connectivity index (χ1) is 12.5. The summed E-state index contributed by atoms with van der Waals surface area (Å²) in [4.78, 5) is 22.9. The maximum absolute atomic E-state index is 12.4. The highest BCUT2D eigenvalue weighted by atomic mass is 16.6. The van der Waals surface area contributed by atoms with Crippen molar-refractivity contribution in [3.05, 3.63) is 58.1 Å². The highest BCUT2D eigenvalue weighted by molar-refractivity contribution is 5.97. The first-order valence-electron chi connectivity index (χ1n) is 8.08. The van der Waals surface area contributed by atoms with Crippen LogP contribution in [0.15, 0.2) is 42.5 Å². The zero-order chi connectivity index (χ0) is 18.9. The molecule has 26 heavy (non-hydrogen) atoms. The van der Waals surface area contributed by atoms with Crippen LogP contribution in [0, 0.1) is 10.1 Å². The molecule has 2 aromatic carbocycles. The Hall–Kier alpha value is -3.13. The Morgan fingerprint density at radius 2 is 1.81 bits per heavy atom. The van der Waals surface area contributed by atoms with Gasteiger partial charge in [-0.25, -0.2) is 0 Å². The fourth-order valence-corrected chi connectivity index (χ4v) is 2.23. The molecule has 0 atom stereocenters. The Balaban J connectivity index is 2.22. The lowest BCUT2D eigenvalue weighted by atomic mass is 10.1. The number of nitro benzene ring substituents is 1. The lowest BCUT2D eigenvalue weighted by Gasteiger charge is -2.12. The number of nitro groups is 1. The molecule has 8 heteroatoms. The summed E-state index contributed by atoms with van der Waals surface area (Å²) in [5.41, 5.74) is -0.0630. The summed E-state index contributed by atoms with van der Waals surface area (Å²) >= 11 is 0. The van der Waals surface area contributed by atoms with Gasteiger partial charge in [-0.15, -0.1) is 0 Å². The molecule has 0 aromatic heterocycles. The number of nitrogens with one attached hydrogen (secondary N) is 2. The predicted molar refractivity (Wildman–Crippen MR) is 97.0 cm³/mol. The second-order valence-electron chi connectivity index (χ2n) is 5.43. The molecule has 0 aliphatic heterocycles. The number of methoxy groups -OCH3 is 1. The van der Waals surface area contributed by atoms with Crippen LogP contribution in [0.5, 0.6) is 17.2 Å². The molecule has 1 amide bonds. The van der Waals surface area contributed by atoms with E-state index in [4.69, 9.17) is 9.47 Å². The van der Waals surface area contributed by atoms with E-state index in [2.05, 4.69) is 10.6 Å². The monoisotopic (exact) mass is 359 g/mol. The topological polar surface area (TPSA) is 103 Å². The Labute approximate surface area is 151 Å². The Kier molecular flexibility index (Phi) is 6.92. The number of hydrogen-bond donors (Lipinski definition) is 2. The van der Waals surface area contributed by atoms with Gasteiger partial charge in [0.25, 0.3) is 11.6 Å². The van der Waals surface area contributed by atoms with Gasteiger partial charge in [0.1, 0.15) is 17.2 Å². The Morgan fingerprint density at radius 1 is 1.12 bits per heavy atom. The van der Waals surface area contributed by atoms with E-state index in [-0.39, 0.29) is 17.0 Å². The largest absolute Gasteiger partial charge is 0.497 e. The molecule has 0 spiro atoms. The standard InChI is InChI=1S/C18H21N3O5/c1-19-10-3-11-20-18(22)16-12-13(21(23)24)4-9-17(16)26-15-7-5-14(25-2)6-8-15/h4-9,12,19H,3,10-11H2,1-2H3,(H,20,22). The maximum Gasteiger partial charge on any atom is 0.270 e. The van der Waals surface area contributed by atoms with E-state index in [9.17, 15) is 14.9 Å². The van der Waals surface area contributed by atoms with E-state index >= 15 is 0 Å². The quantitative estimate of drug-likeness (QED) is 0.405. The second-order valence-corrected chi connectivity index (χ2v) is 5.43. The van der Waals surface area contributed by atoms with E-state index in [1.165, 1.54) is 18.2 Å². The summed E-state index contributed by atoms with van der Waals surface area (Å²) in [6.07, 6.45) is 0.742. The minimum Gasteiger partial charge on any atom is -0.497 e. The molecule has 0 heterocycles. The number of amides is 1. The molecule has 0 unspecified atom stereocenters. The van der Waals surface area contributed by atoms with Crippen molar-refractivity contribution in [2.45, 2.75) is 6.42 Å². The van der Waals surface area contributed by atoms with E-state index in [1.807, 2.05) is 7.05 Å². The van der Waals surface area contributed by atoms with Gasteiger partial charge in [-0.1, -0.05) is 0 Å². The molecule has 0 aliphatic carbocycles. The average molecular weight is 359 g/mol. The van der Waals surface area contributed by atoms with Crippen LogP contribution in [0.4, 0.5) is 5.69 Å². The molecule has 0 aliphatic rings. The third-order valence-corrected chi connectivity index (χ3v) is 3.59. The molecule has 0 saturated heterocycles. The number of carbonyl (C=O) groups is 1. The normalized spacial score (nSPS) is 10.2. The van der Waals surface area contributed by atoms with Crippen molar-refractivity contribution in [1.29, 1.82) is 0 Å². The fourth-order valence-electron chi connectivity index (χ4n) is 2.23. The number of nitrogens with zero attached hydrogens (tertiary/aromatic N) is 1. The Morgan fingerprint density at radius 3 is 2.42 bits per heavy atom. The molecule has 2 aromatic rings. The summed E-state index contributed by atoms with van der Waals surface area (Å²) < 4.78 is 10.8. The summed E-state index contributed by atoms with van der Waals surface area (Å²) in [7, 11) is 3.38. The minimum absolute atomic E-state index is 0.111. The average Bonchev–Trinajstić information content (AvgIpc) is 2.65. The van der Waals surface area contributed by atoms with Gasteiger partial charge in [0.15, 0.2) is 0 Å². The van der Waals surface area contributed by atoms with Crippen LogP contribution < -0.4 is 20.1 Å².